The molecule has 0 unspecified atom stereocenters. The fourth-order valence-corrected chi connectivity index (χ4v) is 1.19. The van der Waals surface area contributed by atoms with Crippen molar-refractivity contribution in [2.24, 2.45) is 0 Å². The number of methoxy groups -OCH3 is 1. The van der Waals surface area contributed by atoms with Crippen LogP contribution in [0.5, 0.6) is 0 Å². The number of rotatable bonds is 8. The van der Waals surface area contributed by atoms with Crippen molar-refractivity contribution in [3.8, 4) is 0 Å². The van der Waals surface area contributed by atoms with E-state index >= 15 is 0 Å². The van der Waals surface area contributed by atoms with Gasteiger partial charge < -0.3 is 14.8 Å². The van der Waals surface area contributed by atoms with Gasteiger partial charge >= 0.3 is 0 Å². The van der Waals surface area contributed by atoms with Crippen LogP contribution in [0.2, 0.25) is 0 Å². The third-order valence-electron chi connectivity index (χ3n) is 1.94. The minimum absolute atomic E-state index is 0.319. The third kappa shape index (κ3) is 4.22. The molecule has 0 aliphatic carbocycles. The molecule has 0 aromatic carbocycles. The number of ether oxygens (including phenoxy) is 2. The van der Waals surface area contributed by atoms with Crippen molar-refractivity contribution in [2.45, 2.75) is 6.42 Å². The fraction of sp³-hybridized carbons (Fsp3) is 0.500. The van der Waals surface area contributed by atoms with E-state index in [9.17, 15) is 4.79 Å². The topological polar surface area (TPSA) is 73.3 Å². The van der Waals surface area contributed by atoms with Gasteiger partial charge in [-0.15, -0.1) is 0 Å². The minimum atomic E-state index is 0.319. The highest BCUT2D eigenvalue weighted by molar-refractivity contribution is 5.45. The third-order valence-corrected chi connectivity index (χ3v) is 1.94. The number of carbonyl (C=O) groups excluding carboxylic acids is 1. The quantitative estimate of drug-likeness (QED) is 0.505. The molecule has 0 amide bonds. The van der Waals surface area contributed by atoms with Crippen LogP contribution in [0.1, 0.15) is 5.69 Å². The Kier molecular flexibility index (Phi) is 5.87. The molecule has 1 aromatic heterocycles. The molecular formula is C10H15N3O3. The molecule has 1 rings (SSSR count). The van der Waals surface area contributed by atoms with Crippen LogP contribution in [0.25, 0.3) is 0 Å². The summed E-state index contributed by atoms with van der Waals surface area (Å²) in [5.74, 6) is 0. The lowest BCUT2D eigenvalue weighted by Crippen LogP contribution is -2.11. The number of hydrogen-bond acceptors (Lipinski definition) is 6. The van der Waals surface area contributed by atoms with E-state index in [1.165, 1.54) is 6.33 Å². The van der Waals surface area contributed by atoms with Crippen molar-refractivity contribution in [3.05, 3.63) is 18.2 Å². The zero-order valence-electron chi connectivity index (χ0n) is 9.18. The first-order chi connectivity index (χ1) is 7.88. The van der Waals surface area contributed by atoms with Crippen LogP contribution in [-0.2, 0) is 20.7 Å². The van der Waals surface area contributed by atoms with Gasteiger partial charge in [-0.05, 0) is 0 Å². The van der Waals surface area contributed by atoms with E-state index in [4.69, 9.17) is 4.74 Å². The Balaban J connectivity index is 2.49. The Morgan fingerprint density at radius 3 is 3.12 bits per heavy atom. The Hall–Kier alpha value is -1.69. The zero-order valence-corrected chi connectivity index (χ0v) is 9.18. The molecule has 88 valence electrons. The summed E-state index contributed by atoms with van der Waals surface area (Å²) in [5.41, 5.74) is 1.67. The molecule has 0 aliphatic rings. The van der Waals surface area contributed by atoms with Gasteiger partial charge in [0.2, 0.25) is 0 Å². The lowest BCUT2D eigenvalue weighted by atomic mass is 10.2. The molecule has 0 bridgehead atoms. The number of hydrogen-bond donors (Lipinski definition) is 1. The van der Waals surface area contributed by atoms with Crippen LogP contribution in [0.4, 0.5) is 5.69 Å². The second kappa shape index (κ2) is 7.58. The average Bonchev–Trinajstić information content (AvgIpc) is 2.32. The van der Waals surface area contributed by atoms with Crippen LogP contribution in [0, 0.1) is 0 Å². The van der Waals surface area contributed by atoms with Crippen LogP contribution >= 0.6 is 0 Å². The van der Waals surface area contributed by atoms with Gasteiger partial charge in [0.25, 0.3) is 6.47 Å². The van der Waals surface area contributed by atoms with Crippen molar-refractivity contribution >= 4 is 12.2 Å². The minimum Gasteiger partial charge on any atom is -0.467 e. The van der Waals surface area contributed by atoms with Gasteiger partial charge in [0, 0.05) is 20.1 Å². The van der Waals surface area contributed by atoms with E-state index < -0.39 is 0 Å². The molecule has 6 nitrogen and oxygen atoms in total. The van der Waals surface area contributed by atoms with Crippen molar-refractivity contribution in [1.82, 2.24) is 9.97 Å². The Morgan fingerprint density at radius 2 is 2.38 bits per heavy atom. The van der Waals surface area contributed by atoms with E-state index in [0.717, 1.165) is 11.4 Å². The van der Waals surface area contributed by atoms with Gasteiger partial charge in [-0.1, -0.05) is 0 Å². The molecule has 1 heterocycles. The molecule has 6 heteroatoms. The van der Waals surface area contributed by atoms with Crippen LogP contribution in [-0.4, -0.2) is 43.3 Å². The number of anilines is 1. The van der Waals surface area contributed by atoms with E-state index in [-0.39, 0.29) is 0 Å². The van der Waals surface area contributed by atoms with E-state index in [0.29, 0.717) is 32.7 Å². The Labute approximate surface area is 94.0 Å². The monoisotopic (exact) mass is 225 g/mol. The zero-order chi connectivity index (χ0) is 11.6. The van der Waals surface area contributed by atoms with Crippen molar-refractivity contribution < 1.29 is 14.3 Å². The molecule has 0 aliphatic heterocycles. The highest BCUT2D eigenvalue weighted by Gasteiger charge is 2.03. The molecule has 0 fully saturated rings. The van der Waals surface area contributed by atoms with Gasteiger partial charge in [0.1, 0.15) is 6.33 Å². The number of carbonyl (C=O) groups is 1. The maximum absolute atomic E-state index is 10.0. The molecule has 0 saturated carbocycles. The SMILES string of the molecule is COCCNc1cncnc1CCOC=O. The van der Waals surface area contributed by atoms with Crippen molar-refractivity contribution in [2.75, 3.05) is 32.2 Å². The molecule has 16 heavy (non-hydrogen) atoms. The predicted octanol–water partition coefficient (Wildman–Crippen LogP) is 0.250. The van der Waals surface area contributed by atoms with Crippen molar-refractivity contribution in [3.63, 3.8) is 0 Å². The summed E-state index contributed by atoms with van der Waals surface area (Å²) in [4.78, 5) is 18.1. The summed E-state index contributed by atoms with van der Waals surface area (Å²) >= 11 is 0. The normalized spacial score (nSPS) is 9.81. The smallest absolute Gasteiger partial charge is 0.293 e. The van der Waals surface area contributed by atoms with Crippen LogP contribution in [0.15, 0.2) is 12.5 Å². The first kappa shape index (κ1) is 12.4. The summed E-state index contributed by atoms with van der Waals surface area (Å²) in [6.45, 7) is 2.04. The van der Waals surface area contributed by atoms with Gasteiger partial charge in [0.15, 0.2) is 0 Å². The van der Waals surface area contributed by atoms with Gasteiger partial charge in [0.05, 0.1) is 30.8 Å². The molecule has 0 radical (unpaired) electrons. The maximum atomic E-state index is 10.0. The first-order valence-corrected chi connectivity index (χ1v) is 4.95. The standard InChI is InChI=1S/C10H15N3O3/c1-15-5-3-12-10-6-11-7-13-9(10)2-4-16-8-14/h6-8,12H,2-5H2,1H3. The average molecular weight is 225 g/mol. The fourth-order valence-electron chi connectivity index (χ4n) is 1.19. The number of nitrogens with zero attached hydrogens (tertiary/aromatic N) is 2. The maximum Gasteiger partial charge on any atom is 0.293 e. The van der Waals surface area contributed by atoms with Gasteiger partial charge in [-0.2, -0.15) is 0 Å². The lowest BCUT2D eigenvalue weighted by Gasteiger charge is -2.09. The molecule has 0 saturated heterocycles. The lowest BCUT2D eigenvalue weighted by molar-refractivity contribution is -0.128. The summed E-state index contributed by atoms with van der Waals surface area (Å²) in [7, 11) is 1.64. The Bertz CT molecular complexity index is 320. The van der Waals surface area contributed by atoms with Gasteiger partial charge in [-0.25, -0.2) is 9.97 Å². The molecule has 1 aromatic rings. The Morgan fingerprint density at radius 1 is 1.50 bits per heavy atom. The second-order valence-electron chi connectivity index (χ2n) is 3.02. The molecular weight excluding hydrogens is 210 g/mol. The van der Waals surface area contributed by atoms with E-state index in [2.05, 4.69) is 20.0 Å². The predicted molar refractivity (Wildman–Crippen MR) is 58.1 cm³/mol. The highest BCUT2D eigenvalue weighted by Crippen LogP contribution is 2.10. The van der Waals surface area contributed by atoms with E-state index in [1.54, 1.807) is 13.3 Å². The summed E-state index contributed by atoms with van der Waals surface area (Å²) in [6.07, 6.45) is 3.73. The molecule has 1 N–H and O–H groups in total. The highest BCUT2D eigenvalue weighted by atomic mass is 16.5. The molecule has 0 spiro atoms. The number of aromatic nitrogens is 2. The summed E-state index contributed by atoms with van der Waals surface area (Å²) in [5, 5.41) is 3.15. The van der Waals surface area contributed by atoms with Crippen LogP contribution in [0.3, 0.4) is 0 Å². The second-order valence-corrected chi connectivity index (χ2v) is 3.02. The largest absolute Gasteiger partial charge is 0.467 e. The van der Waals surface area contributed by atoms with Crippen LogP contribution < -0.4 is 5.32 Å². The van der Waals surface area contributed by atoms with Gasteiger partial charge in [-0.3, -0.25) is 4.79 Å². The number of nitrogens with one attached hydrogen (secondary N) is 1. The van der Waals surface area contributed by atoms with Crippen molar-refractivity contribution in [1.29, 1.82) is 0 Å². The first-order valence-electron chi connectivity index (χ1n) is 4.95. The summed E-state index contributed by atoms with van der Waals surface area (Å²) in [6, 6.07) is 0. The summed E-state index contributed by atoms with van der Waals surface area (Å²) < 4.78 is 9.55. The van der Waals surface area contributed by atoms with E-state index in [1.807, 2.05) is 0 Å². The molecule has 0 atom stereocenters.